The molecule has 1 aliphatic rings. The molecule has 1 heterocycles. The number of nitrogen functional groups attached to an aromatic ring is 1. The third-order valence-electron chi connectivity index (χ3n) is 2.58. The fourth-order valence-electron chi connectivity index (χ4n) is 1.42. The number of hydrogen-bond acceptors (Lipinski definition) is 5. The smallest absolute Gasteiger partial charge is 0.394 e. The Morgan fingerprint density at radius 1 is 1.41 bits per heavy atom. The lowest BCUT2D eigenvalue weighted by molar-refractivity contribution is -0.141. The number of anilines is 2. The van der Waals surface area contributed by atoms with Gasteiger partial charge in [0, 0.05) is 6.07 Å². The quantitative estimate of drug-likeness (QED) is 0.743. The van der Waals surface area contributed by atoms with Crippen LogP contribution in [0.15, 0.2) is 6.07 Å². The predicted octanol–water partition coefficient (Wildman–Crippen LogP) is 1.01. The Hall–Kier alpha value is -1.57. The van der Waals surface area contributed by atoms with Gasteiger partial charge in [0.25, 0.3) is 0 Å². The van der Waals surface area contributed by atoms with E-state index >= 15 is 0 Å². The van der Waals surface area contributed by atoms with Crippen molar-refractivity contribution < 1.29 is 18.3 Å². The molecule has 0 aromatic carbocycles. The number of halogens is 3. The van der Waals surface area contributed by atoms with Gasteiger partial charge >= 0.3 is 6.18 Å². The summed E-state index contributed by atoms with van der Waals surface area (Å²) in [6.45, 7) is -0.155. The molecule has 0 atom stereocenters. The van der Waals surface area contributed by atoms with Crippen LogP contribution >= 0.6 is 0 Å². The van der Waals surface area contributed by atoms with Gasteiger partial charge in [-0.2, -0.15) is 18.2 Å². The van der Waals surface area contributed by atoms with E-state index in [-0.39, 0.29) is 12.4 Å². The third kappa shape index (κ3) is 2.57. The maximum absolute atomic E-state index is 12.5. The first kappa shape index (κ1) is 11.9. The van der Waals surface area contributed by atoms with E-state index in [1.807, 2.05) is 0 Å². The Balaban J connectivity index is 2.26. The molecule has 0 amide bonds. The number of nitrogens with one attached hydrogen (secondary N) is 1. The van der Waals surface area contributed by atoms with Crippen molar-refractivity contribution in [2.45, 2.75) is 24.6 Å². The first-order chi connectivity index (χ1) is 7.85. The Morgan fingerprint density at radius 2 is 2.06 bits per heavy atom. The van der Waals surface area contributed by atoms with Gasteiger partial charge in [-0.1, -0.05) is 0 Å². The van der Waals surface area contributed by atoms with Gasteiger partial charge in [-0.25, -0.2) is 4.98 Å². The molecule has 2 rings (SSSR count). The summed E-state index contributed by atoms with van der Waals surface area (Å²) < 4.78 is 37.4. The SMILES string of the molecule is Nc1nc(NC2(CO)CC2)cc(C(F)(F)F)n1. The molecular weight excluding hydrogens is 237 g/mol. The van der Waals surface area contributed by atoms with Crippen LogP contribution in [0.1, 0.15) is 18.5 Å². The molecule has 5 nitrogen and oxygen atoms in total. The van der Waals surface area contributed by atoms with Crippen molar-refractivity contribution in [3.63, 3.8) is 0 Å². The van der Waals surface area contributed by atoms with E-state index in [9.17, 15) is 13.2 Å². The van der Waals surface area contributed by atoms with Crippen molar-refractivity contribution >= 4 is 11.8 Å². The van der Waals surface area contributed by atoms with Gasteiger partial charge in [0.2, 0.25) is 5.95 Å². The molecule has 0 saturated heterocycles. The van der Waals surface area contributed by atoms with Crippen LogP contribution in [0.2, 0.25) is 0 Å². The van der Waals surface area contributed by atoms with Crippen molar-refractivity contribution in [1.82, 2.24) is 9.97 Å². The highest BCUT2D eigenvalue weighted by atomic mass is 19.4. The molecule has 1 aromatic rings. The van der Waals surface area contributed by atoms with Gasteiger partial charge in [-0.3, -0.25) is 0 Å². The van der Waals surface area contributed by atoms with Gasteiger partial charge in [0.15, 0.2) is 5.69 Å². The van der Waals surface area contributed by atoms with Crippen LogP contribution in [0.5, 0.6) is 0 Å². The monoisotopic (exact) mass is 248 g/mol. The molecule has 17 heavy (non-hydrogen) atoms. The minimum Gasteiger partial charge on any atom is -0.394 e. The van der Waals surface area contributed by atoms with Gasteiger partial charge in [0.05, 0.1) is 12.1 Å². The maximum Gasteiger partial charge on any atom is 0.433 e. The van der Waals surface area contributed by atoms with E-state index in [0.717, 1.165) is 6.07 Å². The fourth-order valence-corrected chi connectivity index (χ4v) is 1.42. The van der Waals surface area contributed by atoms with Crippen LogP contribution in [0.4, 0.5) is 24.9 Å². The zero-order valence-corrected chi connectivity index (χ0v) is 8.75. The van der Waals surface area contributed by atoms with E-state index in [0.29, 0.717) is 12.8 Å². The van der Waals surface area contributed by atoms with Crippen molar-refractivity contribution in [2.75, 3.05) is 17.7 Å². The number of rotatable bonds is 3. The van der Waals surface area contributed by atoms with Gasteiger partial charge in [-0.15, -0.1) is 0 Å². The Morgan fingerprint density at radius 3 is 2.53 bits per heavy atom. The van der Waals surface area contributed by atoms with Crippen LogP contribution in [0.3, 0.4) is 0 Å². The lowest BCUT2D eigenvalue weighted by Gasteiger charge is -2.16. The molecule has 0 radical (unpaired) electrons. The zero-order valence-electron chi connectivity index (χ0n) is 8.75. The molecule has 1 aromatic heterocycles. The van der Waals surface area contributed by atoms with E-state index < -0.39 is 23.4 Å². The number of aromatic nitrogens is 2. The van der Waals surface area contributed by atoms with Crippen molar-refractivity contribution in [3.05, 3.63) is 11.8 Å². The van der Waals surface area contributed by atoms with Crippen LogP contribution in [-0.4, -0.2) is 27.2 Å². The van der Waals surface area contributed by atoms with Crippen molar-refractivity contribution in [1.29, 1.82) is 0 Å². The van der Waals surface area contributed by atoms with Gasteiger partial charge in [-0.05, 0) is 12.8 Å². The van der Waals surface area contributed by atoms with E-state index in [4.69, 9.17) is 10.8 Å². The summed E-state index contributed by atoms with van der Waals surface area (Å²) in [5.41, 5.74) is 3.56. The molecule has 4 N–H and O–H groups in total. The molecule has 0 bridgehead atoms. The summed E-state index contributed by atoms with van der Waals surface area (Å²) in [5.74, 6) is -0.465. The lowest BCUT2D eigenvalue weighted by Crippen LogP contribution is -2.27. The molecule has 8 heteroatoms. The second-order valence-corrected chi connectivity index (χ2v) is 4.06. The van der Waals surface area contributed by atoms with Gasteiger partial charge < -0.3 is 16.2 Å². The topological polar surface area (TPSA) is 84.1 Å². The Kier molecular flexibility index (Phi) is 2.61. The fraction of sp³-hybridized carbons (Fsp3) is 0.556. The zero-order chi connectivity index (χ0) is 12.7. The molecule has 0 aliphatic heterocycles. The first-order valence-corrected chi connectivity index (χ1v) is 4.95. The average molecular weight is 248 g/mol. The van der Waals surface area contributed by atoms with Crippen LogP contribution in [0.25, 0.3) is 0 Å². The summed E-state index contributed by atoms with van der Waals surface area (Å²) in [4.78, 5) is 6.79. The molecular formula is C9H11F3N4O. The maximum atomic E-state index is 12.5. The summed E-state index contributed by atoms with van der Waals surface area (Å²) in [6, 6.07) is 0.784. The minimum atomic E-state index is -4.57. The second kappa shape index (κ2) is 3.73. The largest absolute Gasteiger partial charge is 0.433 e. The molecule has 1 saturated carbocycles. The summed E-state index contributed by atoms with van der Waals surface area (Å²) in [5, 5.41) is 11.8. The van der Waals surface area contributed by atoms with Gasteiger partial charge in [0.1, 0.15) is 5.82 Å². The van der Waals surface area contributed by atoms with Crippen LogP contribution in [-0.2, 0) is 6.18 Å². The summed E-state index contributed by atoms with van der Waals surface area (Å²) in [7, 11) is 0. The normalized spacial score (nSPS) is 17.9. The molecule has 1 fully saturated rings. The van der Waals surface area contributed by atoms with Crippen molar-refractivity contribution in [3.8, 4) is 0 Å². The average Bonchev–Trinajstić information content (AvgIpc) is 2.96. The number of aliphatic hydroxyl groups is 1. The number of hydrogen-bond donors (Lipinski definition) is 3. The van der Waals surface area contributed by atoms with Crippen LogP contribution < -0.4 is 11.1 Å². The second-order valence-electron chi connectivity index (χ2n) is 4.06. The summed E-state index contributed by atoms with van der Waals surface area (Å²) in [6.07, 6.45) is -3.19. The number of aliphatic hydroxyl groups excluding tert-OH is 1. The number of alkyl halides is 3. The van der Waals surface area contributed by atoms with E-state index in [1.54, 1.807) is 0 Å². The highest BCUT2D eigenvalue weighted by Crippen LogP contribution is 2.38. The highest BCUT2D eigenvalue weighted by Gasteiger charge is 2.43. The predicted molar refractivity (Wildman–Crippen MR) is 54.1 cm³/mol. The first-order valence-electron chi connectivity index (χ1n) is 4.95. The number of nitrogens with zero attached hydrogens (tertiary/aromatic N) is 2. The molecule has 0 spiro atoms. The van der Waals surface area contributed by atoms with E-state index in [1.165, 1.54) is 0 Å². The molecule has 1 aliphatic carbocycles. The molecule has 94 valence electrons. The summed E-state index contributed by atoms with van der Waals surface area (Å²) >= 11 is 0. The van der Waals surface area contributed by atoms with Crippen LogP contribution in [0, 0.1) is 0 Å². The minimum absolute atomic E-state index is 0.0172. The Labute approximate surface area is 94.9 Å². The number of nitrogens with two attached hydrogens (primary N) is 1. The van der Waals surface area contributed by atoms with E-state index in [2.05, 4.69) is 15.3 Å². The Bertz CT molecular complexity index is 431. The van der Waals surface area contributed by atoms with Crippen molar-refractivity contribution in [2.24, 2.45) is 0 Å². The molecule has 0 unspecified atom stereocenters. The lowest BCUT2D eigenvalue weighted by atomic mass is 10.3. The highest BCUT2D eigenvalue weighted by molar-refractivity contribution is 5.45. The standard InChI is InChI=1S/C9H11F3N4O/c10-9(11,12)5-3-6(15-7(13)14-5)16-8(4-17)1-2-8/h3,17H,1-2,4H2,(H3,13,14,15,16). The third-order valence-corrected chi connectivity index (χ3v) is 2.58.